The van der Waals surface area contributed by atoms with Crippen molar-refractivity contribution < 1.29 is 26.7 Å². The first-order valence-corrected chi connectivity index (χ1v) is 6.33. The fourth-order valence-corrected chi connectivity index (χ4v) is 1.67. The number of halogens is 3. The van der Waals surface area contributed by atoms with E-state index in [0.29, 0.717) is 11.5 Å². The van der Waals surface area contributed by atoms with Crippen LogP contribution in [0.5, 0.6) is 0 Å². The number of aliphatic hydroxyl groups is 1. The molecular formula is C10H9F3O3S. The predicted molar refractivity (Wildman–Crippen MR) is 56.9 cm³/mol. The third kappa shape index (κ3) is 4.10. The summed E-state index contributed by atoms with van der Waals surface area (Å²) in [7, 11) is -3.61. The fraction of sp³-hybridized carbons (Fsp3) is 0.200. The summed E-state index contributed by atoms with van der Waals surface area (Å²) in [6, 6.07) is 3.78. The van der Waals surface area contributed by atoms with Crippen LogP contribution in [-0.2, 0) is 16.0 Å². The lowest BCUT2D eigenvalue weighted by molar-refractivity contribution is -0.137. The van der Waals surface area contributed by atoms with E-state index >= 15 is 0 Å². The first kappa shape index (κ1) is 13.6. The molecule has 7 heteroatoms. The standard InChI is InChI=1S/C10H9F3O3S/c1-17(15,16)6-9(14)7-3-2-4-8(5-7)10(11,12)13/h2-6,14H,1H3/b9-6-. The van der Waals surface area contributed by atoms with Crippen molar-refractivity contribution in [1.29, 1.82) is 0 Å². The lowest BCUT2D eigenvalue weighted by Crippen LogP contribution is -2.05. The lowest BCUT2D eigenvalue weighted by Gasteiger charge is -2.08. The van der Waals surface area contributed by atoms with Crippen molar-refractivity contribution in [2.24, 2.45) is 0 Å². The second kappa shape index (κ2) is 4.40. The minimum atomic E-state index is -4.54. The Kier molecular flexibility index (Phi) is 3.51. The van der Waals surface area contributed by atoms with Crippen LogP contribution >= 0.6 is 0 Å². The molecule has 0 aliphatic carbocycles. The molecule has 0 aromatic heterocycles. The molecule has 17 heavy (non-hydrogen) atoms. The first-order valence-electron chi connectivity index (χ1n) is 4.38. The molecule has 0 unspecified atom stereocenters. The number of hydrogen-bond donors (Lipinski definition) is 1. The van der Waals surface area contributed by atoms with Crippen LogP contribution in [0, 0.1) is 0 Å². The zero-order valence-electron chi connectivity index (χ0n) is 8.69. The number of aliphatic hydroxyl groups excluding tert-OH is 1. The van der Waals surface area contributed by atoms with Gasteiger partial charge in [-0.1, -0.05) is 12.1 Å². The van der Waals surface area contributed by atoms with Crippen LogP contribution in [0.4, 0.5) is 13.2 Å². The molecule has 0 saturated carbocycles. The van der Waals surface area contributed by atoms with Gasteiger partial charge in [0.25, 0.3) is 0 Å². The van der Waals surface area contributed by atoms with Gasteiger partial charge in [0, 0.05) is 11.8 Å². The molecule has 0 saturated heterocycles. The largest absolute Gasteiger partial charge is 0.507 e. The molecule has 0 radical (unpaired) electrons. The summed E-state index contributed by atoms with van der Waals surface area (Å²) in [4.78, 5) is 0. The highest BCUT2D eigenvalue weighted by molar-refractivity contribution is 7.93. The second-order valence-electron chi connectivity index (χ2n) is 3.41. The van der Waals surface area contributed by atoms with Gasteiger partial charge in [-0.25, -0.2) is 8.42 Å². The van der Waals surface area contributed by atoms with Gasteiger partial charge in [-0.2, -0.15) is 13.2 Å². The summed E-state index contributed by atoms with van der Waals surface area (Å²) in [5.74, 6) is -0.724. The summed E-state index contributed by atoms with van der Waals surface area (Å²) in [5.41, 5.74) is -1.16. The highest BCUT2D eigenvalue weighted by Crippen LogP contribution is 2.30. The maximum atomic E-state index is 12.3. The maximum Gasteiger partial charge on any atom is 0.416 e. The van der Waals surface area contributed by atoms with Crippen LogP contribution < -0.4 is 0 Å². The van der Waals surface area contributed by atoms with Crippen molar-refractivity contribution >= 4 is 15.6 Å². The van der Waals surface area contributed by atoms with Gasteiger partial charge in [-0.05, 0) is 12.1 Å². The molecule has 0 bridgehead atoms. The number of alkyl halides is 3. The molecule has 0 aliphatic heterocycles. The van der Waals surface area contributed by atoms with Crippen molar-refractivity contribution in [3.8, 4) is 0 Å². The maximum absolute atomic E-state index is 12.3. The van der Waals surface area contributed by atoms with E-state index in [9.17, 15) is 26.7 Å². The van der Waals surface area contributed by atoms with Crippen molar-refractivity contribution in [2.45, 2.75) is 6.18 Å². The molecule has 0 atom stereocenters. The highest BCUT2D eigenvalue weighted by atomic mass is 32.2. The van der Waals surface area contributed by atoms with Crippen LogP contribution in [0.3, 0.4) is 0 Å². The second-order valence-corrected chi connectivity index (χ2v) is 5.31. The van der Waals surface area contributed by atoms with E-state index < -0.39 is 27.3 Å². The monoisotopic (exact) mass is 266 g/mol. The molecule has 0 aliphatic rings. The van der Waals surface area contributed by atoms with Crippen molar-refractivity contribution in [2.75, 3.05) is 6.26 Å². The summed E-state index contributed by atoms with van der Waals surface area (Å²) in [6.45, 7) is 0. The Morgan fingerprint density at radius 1 is 1.35 bits per heavy atom. The van der Waals surface area contributed by atoms with E-state index in [2.05, 4.69) is 0 Å². The van der Waals surface area contributed by atoms with Crippen LogP contribution in [0.25, 0.3) is 5.76 Å². The average Bonchev–Trinajstić information content (AvgIpc) is 2.14. The summed E-state index contributed by atoms with van der Waals surface area (Å²) < 4.78 is 58.7. The van der Waals surface area contributed by atoms with Crippen molar-refractivity contribution in [3.63, 3.8) is 0 Å². The smallest absolute Gasteiger partial charge is 0.416 e. The molecule has 94 valence electrons. The van der Waals surface area contributed by atoms with Crippen molar-refractivity contribution in [3.05, 3.63) is 40.8 Å². The average molecular weight is 266 g/mol. The van der Waals surface area contributed by atoms with Crippen LogP contribution in [0.2, 0.25) is 0 Å². The van der Waals surface area contributed by atoms with E-state index in [4.69, 9.17) is 0 Å². The lowest BCUT2D eigenvalue weighted by atomic mass is 10.1. The summed E-state index contributed by atoms with van der Waals surface area (Å²) >= 11 is 0. The molecule has 0 fully saturated rings. The van der Waals surface area contributed by atoms with Crippen LogP contribution in [-0.4, -0.2) is 19.8 Å². The molecule has 1 aromatic rings. The Morgan fingerprint density at radius 3 is 2.41 bits per heavy atom. The van der Waals surface area contributed by atoms with Gasteiger partial charge in [0.2, 0.25) is 0 Å². The van der Waals surface area contributed by atoms with E-state index in [-0.39, 0.29) is 5.56 Å². The van der Waals surface area contributed by atoms with E-state index in [1.807, 2.05) is 0 Å². The van der Waals surface area contributed by atoms with Gasteiger partial charge in [-0.15, -0.1) is 0 Å². The topological polar surface area (TPSA) is 54.4 Å². The zero-order chi connectivity index (χ0) is 13.3. The summed E-state index contributed by atoms with van der Waals surface area (Å²) in [6.07, 6.45) is -3.71. The Bertz CT molecular complexity index is 544. The van der Waals surface area contributed by atoms with Crippen LogP contribution in [0.1, 0.15) is 11.1 Å². The molecule has 0 heterocycles. The molecule has 0 spiro atoms. The number of sulfone groups is 1. The van der Waals surface area contributed by atoms with Crippen molar-refractivity contribution in [1.82, 2.24) is 0 Å². The van der Waals surface area contributed by atoms with E-state index in [1.165, 1.54) is 6.07 Å². The van der Waals surface area contributed by atoms with Gasteiger partial charge in [0.05, 0.1) is 11.0 Å². The number of benzene rings is 1. The third-order valence-corrected chi connectivity index (χ3v) is 2.46. The quantitative estimate of drug-likeness (QED) is 0.837. The summed E-state index contributed by atoms with van der Waals surface area (Å²) in [5, 5.41) is 9.86. The van der Waals surface area contributed by atoms with Gasteiger partial charge in [0.1, 0.15) is 5.76 Å². The Morgan fingerprint density at radius 2 is 1.94 bits per heavy atom. The normalized spacial score (nSPS) is 13.8. The molecule has 1 rings (SSSR count). The highest BCUT2D eigenvalue weighted by Gasteiger charge is 2.30. The minimum absolute atomic E-state index is 0.203. The first-order chi connectivity index (χ1) is 7.59. The molecule has 1 aromatic carbocycles. The molecule has 1 N–H and O–H groups in total. The SMILES string of the molecule is CS(=O)(=O)/C=C(\O)c1cccc(C(F)(F)F)c1. The fourth-order valence-electron chi connectivity index (χ4n) is 1.13. The Balaban J connectivity index is 3.22. The zero-order valence-corrected chi connectivity index (χ0v) is 9.51. The van der Waals surface area contributed by atoms with E-state index in [0.717, 1.165) is 18.4 Å². The number of rotatable bonds is 2. The van der Waals surface area contributed by atoms with Gasteiger partial charge in [0.15, 0.2) is 9.84 Å². The van der Waals surface area contributed by atoms with Gasteiger partial charge >= 0.3 is 6.18 Å². The predicted octanol–water partition coefficient (Wildman–Crippen LogP) is 2.61. The van der Waals surface area contributed by atoms with E-state index in [1.54, 1.807) is 0 Å². The number of hydrogen-bond acceptors (Lipinski definition) is 3. The Hall–Kier alpha value is -1.50. The van der Waals surface area contributed by atoms with Gasteiger partial charge < -0.3 is 5.11 Å². The van der Waals surface area contributed by atoms with Crippen LogP contribution in [0.15, 0.2) is 29.7 Å². The molecular weight excluding hydrogens is 257 g/mol. The minimum Gasteiger partial charge on any atom is -0.507 e. The third-order valence-electron chi connectivity index (χ3n) is 1.81. The van der Waals surface area contributed by atoms with Gasteiger partial charge in [-0.3, -0.25) is 0 Å². The molecule has 0 amide bonds. The Labute approximate surface area is 96.1 Å². The molecule has 3 nitrogen and oxygen atoms in total.